The van der Waals surface area contributed by atoms with Crippen molar-refractivity contribution in [2.24, 2.45) is 7.05 Å². The predicted octanol–water partition coefficient (Wildman–Crippen LogP) is 3.71. The fourth-order valence-electron chi connectivity index (χ4n) is 5.12. The van der Waals surface area contributed by atoms with E-state index in [4.69, 9.17) is 4.98 Å². The highest BCUT2D eigenvalue weighted by Crippen LogP contribution is 2.40. The summed E-state index contributed by atoms with van der Waals surface area (Å²) >= 11 is 0. The van der Waals surface area contributed by atoms with E-state index in [1.807, 2.05) is 18.1 Å². The van der Waals surface area contributed by atoms with Crippen molar-refractivity contribution in [2.75, 3.05) is 46.2 Å². The lowest BCUT2D eigenvalue weighted by Gasteiger charge is -2.35. The fraction of sp³-hybridized carbons (Fsp3) is 0.375. The molecular weight excluding hydrogens is 402 g/mol. The van der Waals surface area contributed by atoms with Crippen molar-refractivity contribution in [2.45, 2.75) is 25.3 Å². The smallest absolute Gasteiger partial charge is 0.329 e. The first-order valence-electron chi connectivity index (χ1n) is 11.4. The molecule has 8 heteroatoms. The van der Waals surface area contributed by atoms with E-state index in [9.17, 15) is 4.79 Å². The maximum absolute atomic E-state index is 13.3. The Morgan fingerprint density at radius 2 is 1.94 bits per heavy atom. The molecule has 6 rings (SSSR count). The van der Waals surface area contributed by atoms with E-state index in [1.165, 1.54) is 18.5 Å². The first-order chi connectivity index (χ1) is 15.7. The van der Waals surface area contributed by atoms with Crippen LogP contribution in [-0.2, 0) is 7.05 Å². The fourth-order valence-corrected chi connectivity index (χ4v) is 5.12. The molecule has 0 aliphatic carbocycles. The second-order valence-electron chi connectivity index (χ2n) is 8.85. The number of pyridine rings is 1. The number of rotatable bonds is 3. The van der Waals surface area contributed by atoms with E-state index < -0.39 is 0 Å². The molecule has 32 heavy (non-hydrogen) atoms. The van der Waals surface area contributed by atoms with E-state index in [2.05, 4.69) is 56.6 Å². The molecule has 3 aromatic rings. The Morgan fingerprint density at radius 3 is 2.75 bits per heavy atom. The standard InChI is InChI=1S/C24H27N7O/c1-28-13-10-22(27-28)26-24(32)31-19-9-14-30(16-19)21-8-7-20(25-23(21)31)17-5-4-6-18(15-17)29-11-2-3-12-29/h4-8,10,13,15,19H,2-3,9,11-12,14,16H2,1H3,(H,26,27,32)/t19-/m0/s1. The number of aromatic nitrogens is 3. The predicted molar refractivity (Wildman–Crippen MR) is 126 cm³/mol. The Kier molecular flexibility index (Phi) is 4.52. The Balaban J connectivity index is 1.35. The largest absolute Gasteiger partial charge is 0.372 e. The van der Waals surface area contributed by atoms with Gasteiger partial charge in [0, 0.05) is 56.7 Å². The van der Waals surface area contributed by atoms with Crippen LogP contribution in [0.3, 0.4) is 0 Å². The van der Waals surface area contributed by atoms with Crippen LogP contribution in [0.4, 0.5) is 27.8 Å². The van der Waals surface area contributed by atoms with E-state index in [-0.39, 0.29) is 12.1 Å². The molecule has 2 bridgehead atoms. The van der Waals surface area contributed by atoms with Crippen molar-refractivity contribution in [1.82, 2.24) is 14.8 Å². The second-order valence-corrected chi connectivity index (χ2v) is 8.85. The molecule has 1 aromatic carbocycles. The normalized spacial score (nSPS) is 19.4. The number of hydrogen-bond donors (Lipinski definition) is 1. The number of carbonyl (C=O) groups excluding carboxylic acids is 1. The number of benzene rings is 1. The van der Waals surface area contributed by atoms with Crippen LogP contribution in [0, 0.1) is 0 Å². The lowest BCUT2D eigenvalue weighted by Crippen LogP contribution is -2.48. The Hall–Kier alpha value is -3.55. The Bertz CT molecular complexity index is 1170. The van der Waals surface area contributed by atoms with Crippen molar-refractivity contribution < 1.29 is 4.79 Å². The molecule has 0 unspecified atom stereocenters. The highest BCUT2D eigenvalue weighted by Gasteiger charge is 2.40. The van der Waals surface area contributed by atoms with Gasteiger partial charge < -0.3 is 9.80 Å². The number of nitrogens with zero attached hydrogens (tertiary/aromatic N) is 6. The van der Waals surface area contributed by atoms with Crippen LogP contribution in [0.1, 0.15) is 19.3 Å². The molecule has 1 atom stereocenters. The topological polar surface area (TPSA) is 69.5 Å². The van der Waals surface area contributed by atoms with Gasteiger partial charge in [0.1, 0.15) is 0 Å². The molecule has 164 valence electrons. The zero-order valence-electron chi connectivity index (χ0n) is 18.2. The van der Waals surface area contributed by atoms with Gasteiger partial charge in [0.25, 0.3) is 0 Å². The molecule has 5 heterocycles. The van der Waals surface area contributed by atoms with Gasteiger partial charge in [0.15, 0.2) is 11.6 Å². The second kappa shape index (κ2) is 7.55. The van der Waals surface area contributed by atoms with Gasteiger partial charge in [-0.05, 0) is 43.5 Å². The van der Waals surface area contributed by atoms with Gasteiger partial charge >= 0.3 is 6.03 Å². The van der Waals surface area contributed by atoms with Crippen LogP contribution in [0.25, 0.3) is 11.3 Å². The van der Waals surface area contributed by atoms with Gasteiger partial charge in [-0.3, -0.25) is 14.9 Å². The van der Waals surface area contributed by atoms with E-state index >= 15 is 0 Å². The third-order valence-electron chi connectivity index (χ3n) is 6.73. The monoisotopic (exact) mass is 429 g/mol. The first kappa shape index (κ1) is 19.2. The first-order valence-corrected chi connectivity index (χ1v) is 11.4. The third kappa shape index (κ3) is 3.26. The summed E-state index contributed by atoms with van der Waals surface area (Å²) in [5, 5.41) is 7.25. The van der Waals surface area contributed by atoms with Gasteiger partial charge in [-0.2, -0.15) is 5.10 Å². The minimum Gasteiger partial charge on any atom is -0.372 e. The van der Waals surface area contributed by atoms with Crippen LogP contribution < -0.4 is 20.0 Å². The van der Waals surface area contributed by atoms with Gasteiger partial charge in [0.2, 0.25) is 0 Å². The number of anilines is 4. The lowest BCUT2D eigenvalue weighted by molar-refractivity contribution is 0.254. The van der Waals surface area contributed by atoms with Gasteiger partial charge in [-0.15, -0.1) is 0 Å². The molecule has 0 radical (unpaired) electrons. The number of hydrogen-bond acceptors (Lipinski definition) is 5. The van der Waals surface area contributed by atoms with Crippen molar-refractivity contribution in [1.29, 1.82) is 0 Å². The molecule has 8 nitrogen and oxygen atoms in total. The van der Waals surface area contributed by atoms with Gasteiger partial charge in [0.05, 0.1) is 17.4 Å². The molecule has 1 N–H and O–H groups in total. The maximum atomic E-state index is 13.3. The number of fused-ring (bicyclic) bond motifs is 4. The highest BCUT2D eigenvalue weighted by molar-refractivity contribution is 6.04. The van der Waals surface area contributed by atoms with Crippen LogP contribution in [-0.4, -0.2) is 53.0 Å². The highest BCUT2D eigenvalue weighted by atomic mass is 16.2. The molecule has 0 saturated carbocycles. The summed E-state index contributed by atoms with van der Waals surface area (Å²) < 4.78 is 1.68. The average Bonchev–Trinajstić information content (AvgIpc) is 3.56. The molecule has 2 aromatic heterocycles. The van der Waals surface area contributed by atoms with Crippen LogP contribution in [0.15, 0.2) is 48.7 Å². The molecular formula is C24H27N7O. The summed E-state index contributed by atoms with van der Waals surface area (Å²) in [6, 6.07) is 14.5. The summed E-state index contributed by atoms with van der Waals surface area (Å²) in [6.45, 7) is 4.00. The minimum absolute atomic E-state index is 0.116. The van der Waals surface area contributed by atoms with E-state index in [0.29, 0.717) is 5.82 Å². The average molecular weight is 430 g/mol. The zero-order chi connectivity index (χ0) is 21.7. The van der Waals surface area contributed by atoms with Crippen LogP contribution in [0.2, 0.25) is 0 Å². The summed E-state index contributed by atoms with van der Waals surface area (Å²) in [4.78, 5) is 24.9. The van der Waals surface area contributed by atoms with Crippen molar-refractivity contribution in [3.05, 3.63) is 48.7 Å². The number of carbonyl (C=O) groups is 1. The van der Waals surface area contributed by atoms with Crippen LogP contribution >= 0.6 is 0 Å². The quantitative estimate of drug-likeness (QED) is 0.687. The van der Waals surface area contributed by atoms with Crippen LogP contribution in [0.5, 0.6) is 0 Å². The summed E-state index contributed by atoms with van der Waals surface area (Å²) in [5.74, 6) is 1.28. The zero-order valence-corrected chi connectivity index (χ0v) is 18.2. The summed E-state index contributed by atoms with van der Waals surface area (Å²) in [5.41, 5.74) is 4.24. The molecule has 2 saturated heterocycles. The number of urea groups is 1. The van der Waals surface area contributed by atoms with Crippen molar-refractivity contribution >= 4 is 29.0 Å². The van der Waals surface area contributed by atoms with Gasteiger partial charge in [-0.1, -0.05) is 12.1 Å². The molecule has 3 aliphatic rings. The number of aryl methyl sites for hydroxylation is 1. The molecule has 3 aliphatic heterocycles. The summed E-state index contributed by atoms with van der Waals surface area (Å²) in [7, 11) is 1.84. The van der Waals surface area contributed by atoms with E-state index in [1.54, 1.807) is 10.7 Å². The Morgan fingerprint density at radius 1 is 1.06 bits per heavy atom. The van der Waals surface area contributed by atoms with Gasteiger partial charge in [-0.25, -0.2) is 9.78 Å². The molecule has 2 fully saturated rings. The van der Waals surface area contributed by atoms with Crippen molar-refractivity contribution in [3.63, 3.8) is 0 Å². The Labute approximate surface area is 187 Å². The lowest BCUT2D eigenvalue weighted by atomic mass is 10.1. The van der Waals surface area contributed by atoms with E-state index in [0.717, 1.165) is 55.4 Å². The SMILES string of the molecule is Cn1ccc(NC(=O)N2c3nc(-c4cccc(N5CCCC5)c4)ccc3N3CC[C@H]2C3)n1. The molecule has 0 spiro atoms. The molecule has 2 amide bonds. The maximum Gasteiger partial charge on any atom is 0.329 e. The van der Waals surface area contributed by atoms with Crippen molar-refractivity contribution in [3.8, 4) is 11.3 Å². The number of amides is 2. The third-order valence-corrected chi connectivity index (χ3v) is 6.73. The number of nitrogens with one attached hydrogen (secondary N) is 1. The minimum atomic E-state index is -0.174. The summed E-state index contributed by atoms with van der Waals surface area (Å²) in [6.07, 6.45) is 5.25.